The third kappa shape index (κ3) is 3.89. The summed E-state index contributed by atoms with van der Waals surface area (Å²) in [6.07, 6.45) is 0. The third-order valence-electron chi connectivity index (χ3n) is 6.13. The largest absolute Gasteiger partial charge is 0.489 e. The van der Waals surface area contributed by atoms with E-state index in [9.17, 15) is 5.26 Å². The average Bonchev–Trinajstić information content (AvgIpc) is 3.26. The molecule has 6 nitrogen and oxygen atoms in total. The lowest BCUT2D eigenvalue weighted by Gasteiger charge is -2.24. The summed E-state index contributed by atoms with van der Waals surface area (Å²) in [5, 5.41) is 17.4. The van der Waals surface area contributed by atoms with Crippen LogP contribution in [0.5, 0.6) is 11.6 Å². The molecule has 0 fully saturated rings. The maximum absolute atomic E-state index is 9.98. The molecule has 0 radical (unpaired) electrons. The van der Waals surface area contributed by atoms with Crippen molar-refractivity contribution in [3.05, 3.63) is 112 Å². The number of ether oxygens (including phenoxy) is 2. The van der Waals surface area contributed by atoms with Crippen LogP contribution in [0.3, 0.4) is 0 Å². The minimum absolute atomic E-state index is 0.0631. The van der Waals surface area contributed by atoms with Gasteiger partial charge in [0.15, 0.2) is 0 Å². The lowest BCUT2D eigenvalue weighted by molar-refractivity contribution is 0.305. The van der Waals surface area contributed by atoms with Crippen molar-refractivity contribution < 1.29 is 9.47 Å². The number of aryl methyl sites for hydroxylation is 2. The Hall–Kier alpha value is -4.50. The van der Waals surface area contributed by atoms with Gasteiger partial charge in [-0.3, -0.25) is 5.10 Å². The molecule has 34 heavy (non-hydrogen) atoms. The molecular formula is C28H24N4O2. The van der Waals surface area contributed by atoms with Crippen LogP contribution in [-0.4, -0.2) is 10.2 Å². The number of aromatic nitrogens is 2. The van der Waals surface area contributed by atoms with E-state index in [1.54, 1.807) is 0 Å². The van der Waals surface area contributed by atoms with E-state index >= 15 is 0 Å². The number of hydrogen-bond acceptors (Lipinski definition) is 5. The first-order valence-electron chi connectivity index (χ1n) is 11.1. The molecule has 6 heteroatoms. The van der Waals surface area contributed by atoms with Crippen molar-refractivity contribution in [3.63, 3.8) is 0 Å². The van der Waals surface area contributed by atoms with Crippen LogP contribution in [0.4, 0.5) is 0 Å². The monoisotopic (exact) mass is 448 g/mol. The molecule has 2 heterocycles. The van der Waals surface area contributed by atoms with E-state index in [4.69, 9.17) is 15.2 Å². The van der Waals surface area contributed by atoms with Gasteiger partial charge >= 0.3 is 0 Å². The van der Waals surface area contributed by atoms with Crippen molar-refractivity contribution in [2.45, 2.75) is 26.4 Å². The number of rotatable bonds is 5. The second-order valence-corrected chi connectivity index (χ2v) is 8.40. The Morgan fingerprint density at radius 3 is 2.62 bits per heavy atom. The highest BCUT2D eigenvalue weighted by atomic mass is 16.5. The van der Waals surface area contributed by atoms with Crippen LogP contribution in [0.1, 0.15) is 33.7 Å². The first-order valence-corrected chi connectivity index (χ1v) is 11.1. The van der Waals surface area contributed by atoms with E-state index in [2.05, 4.69) is 35.3 Å². The van der Waals surface area contributed by atoms with Gasteiger partial charge in [-0.05, 0) is 42.7 Å². The third-order valence-corrected chi connectivity index (χ3v) is 6.13. The molecule has 0 saturated heterocycles. The molecule has 3 N–H and O–H groups in total. The Balaban J connectivity index is 1.55. The standard InChI is InChI=1S/C28H24N4O2/c1-17-10-12-19(13-11-17)26-25-24(23(15-29)27(30)34-28(25)32-31-26)20-8-5-9-22(14-20)33-16-21-7-4-3-6-18(21)2/h3-14,24H,16,30H2,1-2H3,(H,31,32)/t24-/m1/s1. The number of aromatic amines is 1. The van der Waals surface area contributed by atoms with Crippen LogP contribution in [-0.2, 0) is 6.61 Å². The molecule has 5 rings (SSSR count). The highest BCUT2D eigenvalue weighted by molar-refractivity contribution is 5.71. The van der Waals surface area contributed by atoms with Crippen molar-refractivity contribution in [2.24, 2.45) is 5.73 Å². The first kappa shape index (κ1) is 21.4. The zero-order valence-corrected chi connectivity index (χ0v) is 19.0. The predicted octanol–water partition coefficient (Wildman–Crippen LogP) is 5.49. The van der Waals surface area contributed by atoms with Crippen LogP contribution in [0.2, 0.25) is 0 Å². The molecule has 0 unspecified atom stereocenters. The molecule has 4 aromatic rings. The first-order chi connectivity index (χ1) is 16.5. The molecular weight excluding hydrogens is 424 g/mol. The Labute approximate surface area is 198 Å². The van der Waals surface area contributed by atoms with Gasteiger partial charge in [0.05, 0.1) is 17.2 Å². The summed E-state index contributed by atoms with van der Waals surface area (Å²) in [7, 11) is 0. The van der Waals surface area contributed by atoms with E-state index in [0.29, 0.717) is 23.8 Å². The number of hydrogen-bond donors (Lipinski definition) is 2. The number of nitrogens with zero attached hydrogens (tertiary/aromatic N) is 2. The van der Waals surface area contributed by atoms with E-state index in [0.717, 1.165) is 33.5 Å². The van der Waals surface area contributed by atoms with Gasteiger partial charge in [0, 0.05) is 5.56 Å². The van der Waals surface area contributed by atoms with Gasteiger partial charge in [-0.25, -0.2) is 0 Å². The van der Waals surface area contributed by atoms with Crippen molar-refractivity contribution in [3.8, 4) is 29.0 Å². The fraction of sp³-hybridized carbons (Fsp3) is 0.143. The molecule has 0 saturated carbocycles. The summed E-state index contributed by atoms with van der Waals surface area (Å²) in [5.41, 5.74) is 13.4. The smallest absolute Gasteiger partial charge is 0.244 e. The second-order valence-electron chi connectivity index (χ2n) is 8.40. The highest BCUT2D eigenvalue weighted by Crippen LogP contribution is 2.46. The highest BCUT2D eigenvalue weighted by Gasteiger charge is 2.35. The lowest BCUT2D eigenvalue weighted by atomic mass is 9.83. The molecule has 0 amide bonds. The molecule has 1 aliphatic heterocycles. The number of benzene rings is 3. The number of nitriles is 1. The fourth-order valence-corrected chi connectivity index (χ4v) is 4.24. The van der Waals surface area contributed by atoms with Crippen LogP contribution >= 0.6 is 0 Å². The number of fused-ring (bicyclic) bond motifs is 1. The van der Waals surface area contributed by atoms with Crippen LogP contribution < -0.4 is 15.2 Å². The summed E-state index contributed by atoms with van der Waals surface area (Å²) < 4.78 is 11.8. The van der Waals surface area contributed by atoms with Gasteiger partial charge in [0.2, 0.25) is 11.8 Å². The summed E-state index contributed by atoms with van der Waals surface area (Å²) in [6.45, 7) is 4.56. The maximum Gasteiger partial charge on any atom is 0.244 e. The zero-order chi connectivity index (χ0) is 23.7. The molecule has 1 aromatic heterocycles. The molecule has 3 aromatic carbocycles. The Morgan fingerprint density at radius 1 is 1.06 bits per heavy atom. The summed E-state index contributed by atoms with van der Waals surface area (Å²) in [4.78, 5) is 0. The molecule has 1 atom stereocenters. The number of H-pyrrole nitrogens is 1. The number of nitrogens with one attached hydrogen (secondary N) is 1. The quantitative estimate of drug-likeness (QED) is 0.421. The van der Waals surface area contributed by atoms with Crippen molar-refractivity contribution in [1.82, 2.24) is 10.2 Å². The molecule has 0 bridgehead atoms. The van der Waals surface area contributed by atoms with E-state index in [1.165, 1.54) is 5.56 Å². The van der Waals surface area contributed by atoms with Gasteiger partial charge in [0.25, 0.3) is 0 Å². The minimum Gasteiger partial charge on any atom is -0.489 e. The molecule has 168 valence electrons. The Morgan fingerprint density at radius 2 is 1.85 bits per heavy atom. The van der Waals surface area contributed by atoms with Crippen LogP contribution in [0, 0.1) is 25.2 Å². The number of nitrogens with two attached hydrogens (primary N) is 1. The van der Waals surface area contributed by atoms with Crippen molar-refractivity contribution in [2.75, 3.05) is 0 Å². The summed E-state index contributed by atoms with van der Waals surface area (Å²) >= 11 is 0. The molecule has 0 spiro atoms. The summed E-state index contributed by atoms with van der Waals surface area (Å²) in [5.74, 6) is 0.715. The summed E-state index contributed by atoms with van der Waals surface area (Å²) in [6, 6.07) is 26.3. The van der Waals surface area contributed by atoms with Gasteiger partial charge in [-0.1, -0.05) is 66.2 Å². The van der Waals surface area contributed by atoms with Gasteiger partial charge in [-0.2, -0.15) is 5.26 Å². The number of allylic oxidation sites excluding steroid dienone is 1. The van der Waals surface area contributed by atoms with Gasteiger partial charge < -0.3 is 15.2 Å². The van der Waals surface area contributed by atoms with E-state index in [1.807, 2.05) is 67.6 Å². The van der Waals surface area contributed by atoms with Crippen LogP contribution in [0.25, 0.3) is 11.3 Å². The second kappa shape index (κ2) is 8.80. The van der Waals surface area contributed by atoms with E-state index in [-0.39, 0.29) is 5.88 Å². The van der Waals surface area contributed by atoms with Gasteiger partial charge in [-0.15, -0.1) is 5.10 Å². The fourth-order valence-electron chi connectivity index (χ4n) is 4.24. The Bertz CT molecular complexity index is 1430. The lowest BCUT2D eigenvalue weighted by Crippen LogP contribution is -2.21. The van der Waals surface area contributed by atoms with Crippen molar-refractivity contribution in [1.29, 1.82) is 5.26 Å². The normalized spacial score (nSPS) is 14.8. The van der Waals surface area contributed by atoms with E-state index < -0.39 is 5.92 Å². The maximum atomic E-state index is 9.98. The molecule has 1 aliphatic rings. The van der Waals surface area contributed by atoms with Crippen LogP contribution in [0.15, 0.2) is 84.3 Å². The molecule has 0 aliphatic carbocycles. The minimum atomic E-state index is -0.439. The van der Waals surface area contributed by atoms with Crippen molar-refractivity contribution >= 4 is 0 Å². The van der Waals surface area contributed by atoms with Gasteiger partial charge in [0.1, 0.15) is 24.0 Å². The SMILES string of the molecule is Cc1ccc(-c2[nH]nc3c2[C@H](c2cccc(OCc4ccccc4C)c2)C(C#N)=C(N)O3)cc1. The zero-order valence-electron chi connectivity index (χ0n) is 19.0. The topological polar surface area (TPSA) is 97.0 Å². The Kier molecular flexibility index (Phi) is 5.52. The predicted molar refractivity (Wildman–Crippen MR) is 130 cm³/mol. The average molecular weight is 449 g/mol.